The van der Waals surface area contributed by atoms with Crippen molar-refractivity contribution in [3.8, 4) is 0 Å². The number of rotatable bonds is 3. The van der Waals surface area contributed by atoms with E-state index in [9.17, 15) is 4.79 Å². The molecule has 0 spiro atoms. The van der Waals surface area contributed by atoms with E-state index in [4.69, 9.17) is 4.74 Å². The summed E-state index contributed by atoms with van der Waals surface area (Å²) >= 11 is 0. The number of carbonyl (C=O) groups excluding carboxylic acids is 1. The van der Waals surface area contributed by atoms with Crippen molar-refractivity contribution in [2.24, 2.45) is 11.8 Å². The highest BCUT2D eigenvalue weighted by Gasteiger charge is 2.45. The molecule has 1 aliphatic carbocycles. The van der Waals surface area contributed by atoms with Gasteiger partial charge in [-0.15, -0.1) is 0 Å². The molecule has 4 unspecified atom stereocenters. The fourth-order valence-corrected chi connectivity index (χ4v) is 2.90. The van der Waals surface area contributed by atoms with Gasteiger partial charge in [0.2, 0.25) is 5.91 Å². The normalized spacial score (nSPS) is 42.3. The molecule has 2 aliphatic heterocycles. The summed E-state index contributed by atoms with van der Waals surface area (Å²) in [6.07, 6.45) is 3.76. The number of hydrogen-bond acceptors (Lipinski definition) is 3. The predicted molar refractivity (Wildman–Crippen MR) is 60.0 cm³/mol. The zero-order valence-corrected chi connectivity index (χ0v) is 9.82. The van der Waals surface area contributed by atoms with Gasteiger partial charge in [-0.2, -0.15) is 0 Å². The lowest BCUT2D eigenvalue weighted by atomic mass is 10.1. The van der Waals surface area contributed by atoms with Crippen LogP contribution in [0.4, 0.5) is 0 Å². The smallest absolute Gasteiger partial charge is 0.239 e. The van der Waals surface area contributed by atoms with Gasteiger partial charge in [-0.1, -0.05) is 0 Å². The average Bonchev–Trinajstić information content (AvgIpc) is 2.95. The summed E-state index contributed by atoms with van der Waals surface area (Å²) in [5.41, 5.74) is 0. The molecule has 0 bridgehead atoms. The quantitative estimate of drug-likeness (QED) is 0.746. The van der Waals surface area contributed by atoms with Gasteiger partial charge in [0.25, 0.3) is 0 Å². The largest absolute Gasteiger partial charge is 0.376 e. The van der Waals surface area contributed by atoms with Gasteiger partial charge in [0.1, 0.15) is 0 Å². The molecular formula is C12H20N2O2. The van der Waals surface area contributed by atoms with Crippen LogP contribution in [0.2, 0.25) is 0 Å². The van der Waals surface area contributed by atoms with Crippen molar-refractivity contribution in [3.63, 3.8) is 0 Å². The monoisotopic (exact) mass is 224 g/mol. The Labute approximate surface area is 96.3 Å². The van der Waals surface area contributed by atoms with Crippen LogP contribution < -0.4 is 5.32 Å². The first-order valence-electron chi connectivity index (χ1n) is 6.35. The van der Waals surface area contributed by atoms with Crippen molar-refractivity contribution in [1.29, 1.82) is 0 Å². The van der Waals surface area contributed by atoms with E-state index in [0.29, 0.717) is 6.10 Å². The first-order chi connectivity index (χ1) is 7.78. The van der Waals surface area contributed by atoms with Crippen LogP contribution in [-0.4, -0.2) is 49.7 Å². The van der Waals surface area contributed by atoms with Crippen molar-refractivity contribution >= 4 is 5.91 Å². The van der Waals surface area contributed by atoms with Crippen molar-refractivity contribution in [1.82, 2.24) is 10.2 Å². The van der Waals surface area contributed by atoms with Crippen LogP contribution in [0.1, 0.15) is 19.3 Å². The second kappa shape index (κ2) is 4.00. The summed E-state index contributed by atoms with van der Waals surface area (Å²) in [7, 11) is 1.89. The van der Waals surface area contributed by atoms with Gasteiger partial charge >= 0.3 is 0 Å². The maximum absolute atomic E-state index is 12.2. The Morgan fingerprint density at radius 3 is 2.88 bits per heavy atom. The molecule has 3 rings (SSSR count). The second-order valence-electron chi connectivity index (χ2n) is 5.36. The van der Waals surface area contributed by atoms with Gasteiger partial charge in [0.15, 0.2) is 0 Å². The van der Waals surface area contributed by atoms with Gasteiger partial charge in [-0.05, 0) is 38.1 Å². The SMILES string of the molecule is CNC1CC2CC2CN(CC2CCO2)C1=O. The highest BCUT2D eigenvalue weighted by Crippen LogP contribution is 2.44. The molecule has 90 valence electrons. The minimum Gasteiger partial charge on any atom is -0.376 e. The summed E-state index contributed by atoms with van der Waals surface area (Å²) in [4.78, 5) is 14.3. The number of ether oxygens (including phenoxy) is 1. The summed E-state index contributed by atoms with van der Waals surface area (Å²) in [5.74, 6) is 1.83. The molecule has 0 aromatic heterocycles. The van der Waals surface area contributed by atoms with Gasteiger partial charge in [-0.3, -0.25) is 4.79 Å². The molecule has 1 saturated carbocycles. The third-order valence-corrected chi connectivity index (χ3v) is 4.24. The molecule has 0 aromatic carbocycles. The number of fused-ring (bicyclic) bond motifs is 1. The van der Waals surface area contributed by atoms with Crippen LogP contribution in [0, 0.1) is 11.8 Å². The van der Waals surface area contributed by atoms with E-state index in [0.717, 1.165) is 44.4 Å². The van der Waals surface area contributed by atoms with Gasteiger partial charge in [0.05, 0.1) is 12.1 Å². The summed E-state index contributed by atoms with van der Waals surface area (Å²) in [6.45, 7) is 2.63. The minimum absolute atomic E-state index is 0.0394. The predicted octanol–water partition coefficient (Wildman–Crippen LogP) is 0.232. The van der Waals surface area contributed by atoms with Gasteiger partial charge in [0, 0.05) is 19.7 Å². The number of nitrogens with zero attached hydrogens (tertiary/aromatic N) is 1. The molecule has 4 heteroatoms. The van der Waals surface area contributed by atoms with Crippen LogP contribution in [0.25, 0.3) is 0 Å². The van der Waals surface area contributed by atoms with Crippen molar-refractivity contribution in [2.75, 3.05) is 26.7 Å². The molecule has 1 amide bonds. The number of likely N-dealkylation sites (tertiary alicyclic amines) is 1. The second-order valence-corrected chi connectivity index (χ2v) is 5.36. The molecule has 0 aromatic rings. The lowest BCUT2D eigenvalue weighted by Crippen LogP contribution is -2.49. The first-order valence-corrected chi connectivity index (χ1v) is 6.35. The standard InChI is InChI=1S/C12H20N2O2/c1-13-11-5-8-4-9(8)6-14(12(11)15)7-10-2-3-16-10/h8-11,13H,2-7H2,1H3. The van der Waals surface area contributed by atoms with Crippen LogP contribution in [0.5, 0.6) is 0 Å². The lowest BCUT2D eigenvalue weighted by molar-refractivity contribution is -0.138. The van der Waals surface area contributed by atoms with Crippen molar-refractivity contribution < 1.29 is 9.53 Å². The lowest BCUT2D eigenvalue weighted by Gasteiger charge is -2.33. The number of carbonyl (C=O) groups is 1. The van der Waals surface area contributed by atoms with Crippen molar-refractivity contribution in [2.45, 2.75) is 31.4 Å². The Balaban J connectivity index is 1.66. The maximum atomic E-state index is 12.2. The molecule has 3 fully saturated rings. The van der Waals surface area contributed by atoms with E-state index in [1.165, 1.54) is 6.42 Å². The highest BCUT2D eigenvalue weighted by atomic mass is 16.5. The third-order valence-electron chi connectivity index (χ3n) is 4.24. The van der Waals surface area contributed by atoms with E-state index >= 15 is 0 Å². The van der Waals surface area contributed by atoms with Crippen LogP contribution >= 0.6 is 0 Å². The summed E-state index contributed by atoms with van der Waals surface area (Å²) in [5, 5.41) is 3.16. The zero-order chi connectivity index (χ0) is 11.1. The fraction of sp³-hybridized carbons (Fsp3) is 0.917. The fourth-order valence-electron chi connectivity index (χ4n) is 2.90. The molecule has 16 heavy (non-hydrogen) atoms. The molecule has 3 aliphatic rings. The molecular weight excluding hydrogens is 204 g/mol. The third kappa shape index (κ3) is 1.84. The number of likely N-dealkylation sites (N-methyl/N-ethyl adjacent to an activating group) is 1. The number of amides is 1. The summed E-state index contributed by atoms with van der Waals surface area (Å²) < 4.78 is 5.43. The molecule has 2 heterocycles. The molecule has 0 radical (unpaired) electrons. The molecule has 1 N–H and O–H groups in total. The minimum atomic E-state index is 0.0394. The summed E-state index contributed by atoms with van der Waals surface area (Å²) in [6, 6.07) is 0.0394. The molecule has 4 nitrogen and oxygen atoms in total. The topological polar surface area (TPSA) is 41.6 Å². The Bertz CT molecular complexity index is 291. The van der Waals surface area contributed by atoms with E-state index in [1.807, 2.05) is 11.9 Å². The number of nitrogens with one attached hydrogen (secondary N) is 1. The van der Waals surface area contributed by atoms with E-state index < -0.39 is 0 Å². The zero-order valence-electron chi connectivity index (χ0n) is 9.82. The highest BCUT2D eigenvalue weighted by molar-refractivity contribution is 5.82. The Morgan fingerprint density at radius 2 is 2.25 bits per heavy atom. The van der Waals surface area contributed by atoms with Gasteiger partial charge in [-0.25, -0.2) is 0 Å². The Morgan fingerprint density at radius 1 is 1.44 bits per heavy atom. The molecule has 4 atom stereocenters. The van der Waals surface area contributed by atoms with Crippen LogP contribution in [0.15, 0.2) is 0 Å². The Hall–Kier alpha value is -0.610. The van der Waals surface area contributed by atoms with Crippen LogP contribution in [0.3, 0.4) is 0 Å². The van der Waals surface area contributed by atoms with Gasteiger partial charge < -0.3 is 15.0 Å². The first kappa shape index (κ1) is 10.5. The number of hydrogen-bond donors (Lipinski definition) is 1. The maximum Gasteiger partial charge on any atom is 0.239 e. The van der Waals surface area contributed by atoms with E-state index in [-0.39, 0.29) is 11.9 Å². The van der Waals surface area contributed by atoms with E-state index in [2.05, 4.69) is 5.32 Å². The van der Waals surface area contributed by atoms with E-state index in [1.54, 1.807) is 0 Å². The van der Waals surface area contributed by atoms with Crippen LogP contribution in [-0.2, 0) is 9.53 Å². The van der Waals surface area contributed by atoms with Crippen molar-refractivity contribution in [3.05, 3.63) is 0 Å². The molecule has 2 saturated heterocycles. The Kier molecular flexibility index (Phi) is 2.64. The average molecular weight is 224 g/mol.